The van der Waals surface area contributed by atoms with Crippen molar-refractivity contribution in [3.8, 4) is 0 Å². The van der Waals surface area contributed by atoms with Gasteiger partial charge in [0, 0.05) is 6.54 Å². The highest BCUT2D eigenvalue weighted by molar-refractivity contribution is 7.99. The molecule has 2 amide bonds. The highest BCUT2D eigenvalue weighted by Gasteiger charge is 2.56. The van der Waals surface area contributed by atoms with E-state index < -0.39 is 21.6 Å². The molecule has 1 aromatic rings. The van der Waals surface area contributed by atoms with Crippen molar-refractivity contribution >= 4 is 21.0 Å². The van der Waals surface area contributed by atoms with Gasteiger partial charge in [0.1, 0.15) is 0 Å². The van der Waals surface area contributed by atoms with Gasteiger partial charge in [-0.25, -0.2) is 17.5 Å². The van der Waals surface area contributed by atoms with E-state index in [0.717, 1.165) is 23.6 Å². The first-order valence-corrected chi connectivity index (χ1v) is 9.84. The first-order chi connectivity index (χ1) is 11.4. The van der Waals surface area contributed by atoms with Crippen molar-refractivity contribution in [2.45, 2.75) is 44.6 Å². The molecule has 0 bridgehead atoms. The second-order valence-corrected chi connectivity index (χ2v) is 8.09. The Bertz CT molecular complexity index is 763. The van der Waals surface area contributed by atoms with Crippen molar-refractivity contribution in [2.75, 3.05) is 6.54 Å². The van der Waals surface area contributed by atoms with E-state index in [2.05, 4.69) is 12.2 Å². The maximum atomic E-state index is 13.3. The van der Waals surface area contributed by atoms with Crippen LogP contribution in [-0.2, 0) is 10.0 Å². The summed E-state index contributed by atoms with van der Waals surface area (Å²) in [6.07, 6.45) is 4.12. The number of nitrogens with zero attached hydrogens (tertiary/aromatic N) is 1. The van der Waals surface area contributed by atoms with Gasteiger partial charge in [-0.05, 0) is 37.8 Å². The lowest BCUT2D eigenvalue weighted by atomic mass is 9.76. The number of benzene rings is 1. The zero-order valence-electron chi connectivity index (χ0n) is 13.9. The highest BCUT2D eigenvalue weighted by Crippen LogP contribution is 2.51. The zero-order chi connectivity index (χ0) is 17.4. The van der Waals surface area contributed by atoms with E-state index in [-0.39, 0.29) is 4.91 Å². The number of carbonyl (C=O) groups excluding carboxylic acids is 1. The number of amides is 2. The van der Waals surface area contributed by atoms with E-state index >= 15 is 0 Å². The molecule has 1 fully saturated rings. The molecule has 1 spiro atoms. The molecule has 1 N–H and O–H groups in total. The van der Waals surface area contributed by atoms with E-state index in [1.165, 1.54) is 0 Å². The van der Waals surface area contributed by atoms with Crippen molar-refractivity contribution in [1.29, 1.82) is 0 Å². The number of carbonyl (C=O) groups is 1. The number of nitrogens with one attached hydrogen (secondary N) is 1. The summed E-state index contributed by atoms with van der Waals surface area (Å²) in [6, 6.07) is 8.41. The molecule has 0 aromatic heterocycles. The lowest BCUT2D eigenvalue weighted by Gasteiger charge is -2.41. The summed E-state index contributed by atoms with van der Waals surface area (Å²) in [5.74, 6) is 0. The van der Waals surface area contributed by atoms with Crippen LogP contribution < -0.4 is 5.32 Å². The molecule has 1 aromatic carbocycles. The van der Waals surface area contributed by atoms with E-state index in [1.807, 2.05) is 6.07 Å². The smallest absolute Gasteiger partial charge is 0.332 e. The molecule has 0 saturated heterocycles. The lowest BCUT2D eigenvalue weighted by molar-refractivity contribution is 0.169. The summed E-state index contributed by atoms with van der Waals surface area (Å²) < 4.78 is 27.6. The predicted molar refractivity (Wildman–Crippen MR) is 94.4 cm³/mol. The van der Waals surface area contributed by atoms with Crippen LogP contribution in [-0.4, -0.2) is 30.8 Å². The van der Waals surface area contributed by atoms with Gasteiger partial charge in [0.2, 0.25) is 0 Å². The summed E-state index contributed by atoms with van der Waals surface area (Å²) in [6.45, 7) is 6.30. The van der Waals surface area contributed by atoms with Crippen LogP contribution in [0, 0.1) is 6.92 Å². The number of hydrogen-bond acceptors (Lipinski definition) is 3. The molecule has 1 aliphatic heterocycles. The highest BCUT2D eigenvalue weighted by atomic mass is 32.2. The molecule has 0 atom stereocenters. The van der Waals surface area contributed by atoms with Gasteiger partial charge in [-0.15, -0.1) is 0 Å². The normalized spacial score (nSPS) is 22.0. The third kappa shape index (κ3) is 2.44. The molecular formula is C18H23N2O3S. The van der Waals surface area contributed by atoms with Crippen LogP contribution in [0.3, 0.4) is 0 Å². The van der Waals surface area contributed by atoms with Gasteiger partial charge < -0.3 is 5.32 Å². The zero-order valence-corrected chi connectivity index (χ0v) is 14.7. The van der Waals surface area contributed by atoms with Crippen molar-refractivity contribution < 1.29 is 13.2 Å². The van der Waals surface area contributed by atoms with Crippen molar-refractivity contribution in [1.82, 2.24) is 9.62 Å². The Labute approximate surface area is 143 Å². The molecule has 0 unspecified atom stereocenters. The van der Waals surface area contributed by atoms with Crippen molar-refractivity contribution in [3.63, 3.8) is 0 Å². The predicted octanol–water partition coefficient (Wildman–Crippen LogP) is 3.31. The fourth-order valence-electron chi connectivity index (χ4n) is 3.89. The van der Waals surface area contributed by atoms with Gasteiger partial charge in [0.15, 0.2) is 0 Å². The molecule has 3 rings (SSSR count). The monoisotopic (exact) mass is 347 g/mol. The van der Waals surface area contributed by atoms with Crippen molar-refractivity contribution in [3.05, 3.63) is 48.4 Å². The van der Waals surface area contributed by atoms with Crippen LogP contribution in [0.1, 0.15) is 44.6 Å². The fraction of sp³-hybridized carbons (Fsp3) is 0.444. The summed E-state index contributed by atoms with van der Waals surface area (Å²) in [7, 11) is -3.92. The Morgan fingerprint density at radius 1 is 1.21 bits per heavy atom. The maximum Gasteiger partial charge on any atom is 0.332 e. The van der Waals surface area contributed by atoms with Gasteiger partial charge in [-0.1, -0.05) is 49.6 Å². The topological polar surface area (TPSA) is 66.5 Å². The Hall–Kier alpha value is -1.82. The summed E-state index contributed by atoms with van der Waals surface area (Å²) in [5, 5.41) is 2.66. The average Bonchev–Trinajstić information content (AvgIpc) is 2.72. The van der Waals surface area contributed by atoms with Crippen LogP contribution in [0.5, 0.6) is 0 Å². The third-order valence-corrected chi connectivity index (χ3v) is 6.95. The van der Waals surface area contributed by atoms with Gasteiger partial charge >= 0.3 is 6.03 Å². The van der Waals surface area contributed by atoms with Crippen LogP contribution in [0.2, 0.25) is 0 Å². The minimum absolute atomic E-state index is 0.191. The van der Waals surface area contributed by atoms with Gasteiger partial charge in [-0.2, -0.15) is 0 Å². The molecule has 2 aliphatic rings. The quantitative estimate of drug-likeness (QED) is 0.892. The number of hydrogen-bond donors (Lipinski definition) is 1. The fourth-order valence-corrected chi connectivity index (χ4v) is 6.05. The van der Waals surface area contributed by atoms with Crippen LogP contribution in [0.25, 0.3) is 4.91 Å². The molecule has 1 heterocycles. The van der Waals surface area contributed by atoms with Crippen LogP contribution in [0.15, 0.2) is 35.9 Å². The summed E-state index contributed by atoms with van der Waals surface area (Å²) >= 11 is 0. The van der Waals surface area contributed by atoms with E-state index in [9.17, 15) is 13.2 Å². The molecular weight excluding hydrogens is 324 g/mol. The molecule has 5 nitrogen and oxygen atoms in total. The lowest BCUT2D eigenvalue weighted by Crippen LogP contribution is -2.55. The van der Waals surface area contributed by atoms with Crippen molar-refractivity contribution in [2.24, 2.45) is 0 Å². The Balaban J connectivity index is 2.20. The molecule has 129 valence electrons. The Kier molecular flexibility index (Phi) is 4.42. The Morgan fingerprint density at radius 3 is 2.42 bits per heavy atom. The summed E-state index contributed by atoms with van der Waals surface area (Å²) in [4.78, 5) is 12.8. The van der Waals surface area contributed by atoms with Gasteiger partial charge in [0.05, 0.1) is 10.4 Å². The average molecular weight is 347 g/mol. The molecule has 1 aliphatic carbocycles. The van der Waals surface area contributed by atoms with E-state index in [1.54, 1.807) is 31.2 Å². The SMILES string of the molecule is [CH2]C1=C(c2ccccc2)S(=O)(=O)N(C(=O)NCC)C12CCCCC2. The largest absolute Gasteiger partial charge is 0.337 e. The van der Waals surface area contributed by atoms with Gasteiger partial charge in [0.25, 0.3) is 10.0 Å². The first-order valence-electron chi connectivity index (χ1n) is 8.40. The third-order valence-electron chi connectivity index (χ3n) is 4.95. The molecule has 24 heavy (non-hydrogen) atoms. The van der Waals surface area contributed by atoms with Gasteiger partial charge in [-0.3, -0.25) is 0 Å². The second kappa shape index (κ2) is 6.24. The number of sulfonamides is 1. The molecule has 1 saturated carbocycles. The number of rotatable bonds is 2. The van der Waals surface area contributed by atoms with Crippen LogP contribution >= 0.6 is 0 Å². The van der Waals surface area contributed by atoms with Crippen LogP contribution in [0.4, 0.5) is 4.79 Å². The van der Waals surface area contributed by atoms with E-state index in [0.29, 0.717) is 30.5 Å². The minimum Gasteiger partial charge on any atom is -0.337 e. The summed E-state index contributed by atoms with van der Waals surface area (Å²) in [5.41, 5.74) is 0.334. The Morgan fingerprint density at radius 2 is 1.83 bits per heavy atom. The second-order valence-electron chi connectivity index (χ2n) is 6.37. The first kappa shape index (κ1) is 17.0. The standard InChI is InChI=1S/C18H23N2O3S/c1-3-19-17(21)20-18(12-8-5-9-13-18)14(2)16(24(20,22)23)15-10-6-4-7-11-15/h4,6-7,10-11H,2-3,5,8-9,12-13H2,1H3,(H,19,21). The maximum absolute atomic E-state index is 13.3. The minimum atomic E-state index is -3.92. The number of urea groups is 1. The van der Waals surface area contributed by atoms with E-state index in [4.69, 9.17) is 0 Å². The molecule has 6 heteroatoms. The molecule has 1 radical (unpaired) electrons.